The summed E-state index contributed by atoms with van der Waals surface area (Å²) in [5.41, 5.74) is 0.0363. The highest BCUT2D eigenvalue weighted by molar-refractivity contribution is 5.94. The first-order valence-corrected chi connectivity index (χ1v) is 8.47. The number of aromatic nitrogens is 2. The second kappa shape index (κ2) is 8.41. The second-order valence-corrected chi connectivity index (χ2v) is 6.79. The summed E-state index contributed by atoms with van der Waals surface area (Å²) in [7, 11) is 1.56. The zero-order valence-electron chi connectivity index (χ0n) is 15.4. The van der Waals surface area contributed by atoms with Gasteiger partial charge in [-0.25, -0.2) is 0 Å². The maximum Gasteiger partial charge on any atom is 0.471 e. The van der Waals surface area contributed by atoms with Gasteiger partial charge in [0.05, 0.1) is 7.11 Å². The van der Waals surface area contributed by atoms with Gasteiger partial charge in [0.2, 0.25) is 5.91 Å². The third-order valence-electron chi connectivity index (χ3n) is 4.13. The van der Waals surface area contributed by atoms with Gasteiger partial charge in [-0.2, -0.15) is 18.2 Å². The summed E-state index contributed by atoms with van der Waals surface area (Å²) in [6.07, 6.45) is -2.61. The van der Waals surface area contributed by atoms with E-state index >= 15 is 0 Å². The number of alkyl halides is 3. The van der Waals surface area contributed by atoms with Crippen LogP contribution in [0, 0.1) is 5.41 Å². The molecule has 1 heterocycles. The van der Waals surface area contributed by atoms with E-state index in [0.717, 1.165) is 0 Å². The number of methoxy groups -OCH3 is 1. The predicted octanol–water partition coefficient (Wildman–Crippen LogP) is 4.47. The maximum atomic E-state index is 12.5. The van der Waals surface area contributed by atoms with Gasteiger partial charge in [0.25, 0.3) is 0 Å². The predicted molar refractivity (Wildman–Crippen MR) is 92.3 cm³/mol. The van der Waals surface area contributed by atoms with Crippen molar-refractivity contribution in [3.05, 3.63) is 36.0 Å². The van der Waals surface area contributed by atoms with Crippen molar-refractivity contribution in [1.29, 1.82) is 0 Å². The van der Waals surface area contributed by atoms with Gasteiger partial charge in [0, 0.05) is 17.5 Å². The Morgan fingerprint density at radius 2 is 1.85 bits per heavy atom. The molecule has 6 nitrogen and oxygen atoms in total. The number of anilines is 1. The summed E-state index contributed by atoms with van der Waals surface area (Å²) >= 11 is 0. The Kier molecular flexibility index (Phi) is 6.45. The fraction of sp³-hybridized carbons (Fsp3) is 0.500. The van der Waals surface area contributed by atoms with Gasteiger partial charge in [-0.1, -0.05) is 25.4 Å². The Morgan fingerprint density at radius 1 is 1.19 bits per heavy atom. The molecule has 0 aliphatic rings. The van der Waals surface area contributed by atoms with E-state index in [1.54, 1.807) is 31.4 Å². The summed E-state index contributed by atoms with van der Waals surface area (Å²) in [5, 5.41) is 6.18. The lowest BCUT2D eigenvalue weighted by molar-refractivity contribution is -0.159. The van der Waals surface area contributed by atoms with Crippen LogP contribution in [0.25, 0.3) is 0 Å². The number of hydrogen-bond donors (Lipinski definition) is 1. The second-order valence-electron chi connectivity index (χ2n) is 6.79. The van der Waals surface area contributed by atoms with Crippen molar-refractivity contribution >= 4 is 11.6 Å². The van der Waals surface area contributed by atoms with Crippen LogP contribution in [0.4, 0.5) is 18.9 Å². The van der Waals surface area contributed by atoms with Crippen LogP contribution in [0.2, 0.25) is 0 Å². The van der Waals surface area contributed by atoms with Gasteiger partial charge in [-0.05, 0) is 37.1 Å². The summed E-state index contributed by atoms with van der Waals surface area (Å²) in [6, 6.07) is 7.01. The number of carbonyl (C=O) groups is 1. The highest BCUT2D eigenvalue weighted by atomic mass is 19.4. The van der Waals surface area contributed by atoms with Crippen LogP contribution >= 0.6 is 0 Å². The van der Waals surface area contributed by atoms with Gasteiger partial charge in [0.1, 0.15) is 5.75 Å². The minimum atomic E-state index is -4.63. The van der Waals surface area contributed by atoms with Crippen LogP contribution in [-0.4, -0.2) is 23.2 Å². The van der Waals surface area contributed by atoms with E-state index in [4.69, 9.17) is 4.74 Å². The van der Waals surface area contributed by atoms with Gasteiger partial charge < -0.3 is 14.6 Å². The number of carbonyl (C=O) groups excluding carboxylic acids is 1. The number of unbranched alkanes of at least 4 members (excludes halogenated alkanes) is 1. The minimum absolute atomic E-state index is 0.0165. The molecule has 2 rings (SSSR count). The lowest BCUT2D eigenvalue weighted by Crippen LogP contribution is -2.30. The fourth-order valence-electron chi connectivity index (χ4n) is 2.41. The molecule has 0 fully saturated rings. The molecule has 0 unspecified atom stereocenters. The summed E-state index contributed by atoms with van der Waals surface area (Å²) < 4.78 is 46.5. The van der Waals surface area contributed by atoms with Crippen LogP contribution in [0.15, 0.2) is 28.8 Å². The molecule has 0 aliphatic heterocycles. The number of rotatable bonds is 8. The number of hydrogen-bond acceptors (Lipinski definition) is 5. The highest BCUT2D eigenvalue weighted by Crippen LogP contribution is 2.28. The number of aryl methyl sites for hydroxylation is 1. The fourth-order valence-corrected chi connectivity index (χ4v) is 2.41. The zero-order chi connectivity index (χ0) is 20.1. The van der Waals surface area contributed by atoms with E-state index in [9.17, 15) is 18.0 Å². The lowest BCUT2D eigenvalue weighted by atomic mass is 9.86. The molecule has 2 aromatic rings. The number of ether oxygens (including phenoxy) is 1. The highest BCUT2D eigenvalue weighted by Gasteiger charge is 2.38. The number of halogens is 3. The van der Waals surface area contributed by atoms with Crippen LogP contribution in [-0.2, 0) is 17.4 Å². The summed E-state index contributed by atoms with van der Waals surface area (Å²) in [6.45, 7) is 3.64. The Bertz CT molecular complexity index is 755. The molecule has 0 atom stereocenters. The van der Waals surface area contributed by atoms with Gasteiger partial charge in [-0.3, -0.25) is 4.79 Å². The topological polar surface area (TPSA) is 77.2 Å². The molecule has 0 saturated carbocycles. The Hall–Kier alpha value is -2.58. The molecular weight excluding hydrogens is 363 g/mol. The number of amides is 1. The Balaban J connectivity index is 1.79. The molecule has 1 amide bonds. The molecule has 9 heteroatoms. The smallest absolute Gasteiger partial charge is 0.471 e. The third kappa shape index (κ3) is 5.97. The molecule has 27 heavy (non-hydrogen) atoms. The average Bonchev–Trinajstić information content (AvgIpc) is 3.09. The number of nitrogens with one attached hydrogen (secondary N) is 1. The normalized spacial score (nSPS) is 12.1. The van der Waals surface area contributed by atoms with E-state index in [2.05, 4.69) is 20.0 Å². The van der Waals surface area contributed by atoms with Gasteiger partial charge >= 0.3 is 12.1 Å². The van der Waals surface area contributed by atoms with Crippen molar-refractivity contribution in [3.63, 3.8) is 0 Å². The molecule has 148 valence electrons. The first-order valence-electron chi connectivity index (χ1n) is 8.47. The van der Waals surface area contributed by atoms with Crippen LogP contribution in [0.5, 0.6) is 5.75 Å². The van der Waals surface area contributed by atoms with E-state index in [1.807, 2.05) is 13.8 Å². The molecule has 0 spiro atoms. The van der Waals surface area contributed by atoms with Crippen molar-refractivity contribution in [3.8, 4) is 5.75 Å². The Morgan fingerprint density at radius 3 is 2.41 bits per heavy atom. The molecule has 0 bridgehead atoms. The van der Waals surface area contributed by atoms with E-state index in [-0.39, 0.29) is 18.2 Å². The van der Waals surface area contributed by atoms with Crippen LogP contribution in [0.3, 0.4) is 0 Å². The average molecular weight is 385 g/mol. The molecule has 0 radical (unpaired) electrons. The first kappa shape index (κ1) is 20.7. The quantitative estimate of drug-likeness (QED) is 0.678. The van der Waals surface area contributed by atoms with Crippen molar-refractivity contribution in [2.45, 2.75) is 45.7 Å². The number of nitrogens with zero attached hydrogens (tertiary/aromatic N) is 2. The SMILES string of the molecule is COc1ccc(NC(=O)C(C)(C)CCCCc2noc(C(F)(F)F)n2)cc1. The van der Waals surface area contributed by atoms with E-state index < -0.39 is 17.5 Å². The zero-order valence-corrected chi connectivity index (χ0v) is 15.4. The molecule has 1 aromatic heterocycles. The summed E-state index contributed by atoms with van der Waals surface area (Å²) in [5.74, 6) is -0.756. The molecule has 1 N–H and O–H groups in total. The molecule has 0 aliphatic carbocycles. The van der Waals surface area contributed by atoms with Gasteiger partial charge in [-0.15, -0.1) is 0 Å². The Labute approximate surface area is 155 Å². The third-order valence-corrected chi connectivity index (χ3v) is 4.13. The van der Waals surface area contributed by atoms with Crippen molar-refractivity contribution in [2.24, 2.45) is 5.41 Å². The first-order chi connectivity index (χ1) is 12.6. The largest absolute Gasteiger partial charge is 0.497 e. The van der Waals surface area contributed by atoms with Crippen molar-refractivity contribution < 1.29 is 27.2 Å². The molecule has 1 aromatic carbocycles. The monoisotopic (exact) mass is 385 g/mol. The van der Waals surface area contributed by atoms with Crippen molar-refractivity contribution in [1.82, 2.24) is 10.1 Å². The summed E-state index contributed by atoms with van der Waals surface area (Å²) in [4.78, 5) is 15.8. The minimum Gasteiger partial charge on any atom is -0.497 e. The molecular formula is C18H22F3N3O3. The van der Waals surface area contributed by atoms with E-state index in [1.165, 1.54) is 0 Å². The van der Waals surface area contributed by atoms with Gasteiger partial charge in [0.15, 0.2) is 5.82 Å². The van der Waals surface area contributed by atoms with Crippen LogP contribution < -0.4 is 10.1 Å². The molecule has 0 saturated heterocycles. The van der Waals surface area contributed by atoms with Crippen molar-refractivity contribution in [2.75, 3.05) is 12.4 Å². The van der Waals surface area contributed by atoms with Crippen LogP contribution in [0.1, 0.15) is 44.8 Å². The number of benzene rings is 1. The maximum absolute atomic E-state index is 12.5. The lowest BCUT2D eigenvalue weighted by Gasteiger charge is -2.23. The van der Waals surface area contributed by atoms with E-state index in [0.29, 0.717) is 30.7 Å². The standard InChI is InChI=1S/C18H22F3N3O3/c1-17(2,15(25)22-12-7-9-13(26-3)10-8-12)11-5-4-6-14-23-16(27-24-14)18(19,20)21/h7-10H,4-6,11H2,1-3H3,(H,22,25).